The second-order valence-corrected chi connectivity index (χ2v) is 6.98. The Morgan fingerprint density at radius 2 is 2.00 bits per heavy atom. The van der Waals surface area contributed by atoms with Crippen molar-refractivity contribution in [2.75, 3.05) is 5.32 Å². The number of aromatic nitrogens is 6. The topological polar surface area (TPSA) is 98.5 Å². The first-order valence-electron chi connectivity index (χ1n) is 8.15. The van der Waals surface area contributed by atoms with Crippen LogP contribution in [0.15, 0.2) is 55.5 Å². The maximum atomic E-state index is 12.2. The van der Waals surface area contributed by atoms with Crippen molar-refractivity contribution < 1.29 is 4.79 Å². The molecule has 0 atom stereocenters. The Balaban J connectivity index is 1.39. The second kappa shape index (κ2) is 7.42. The fourth-order valence-corrected chi connectivity index (χ4v) is 3.22. The van der Waals surface area contributed by atoms with Gasteiger partial charge in [0.1, 0.15) is 12.4 Å². The first-order valence-corrected chi connectivity index (χ1v) is 8.96. The van der Waals surface area contributed by atoms with Gasteiger partial charge in [-0.25, -0.2) is 9.97 Å². The van der Waals surface area contributed by atoms with Crippen LogP contribution in [0.1, 0.15) is 5.01 Å². The second-order valence-electron chi connectivity index (χ2n) is 5.74. The number of aryl methyl sites for hydroxylation is 1. The van der Waals surface area contributed by atoms with E-state index in [1.807, 2.05) is 25.4 Å². The summed E-state index contributed by atoms with van der Waals surface area (Å²) in [7, 11) is 0. The largest absolute Gasteiger partial charge is 0.309 e. The molecular formula is C18H15N7OS. The molecule has 0 aromatic carbocycles. The van der Waals surface area contributed by atoms with Crippen LogP contribution in [0.25, 0.3) is 21.7 Å². The van der Waals surface area contributed by atoms with Crippen LogP contribution in [-0.2, 0) is 11.3 Å². The van der Waals surface area contributed by atoms with Crippen LogP contribution in [-0.4, -0.2) is 35.6 Å². The van der Waals surface area contributed by atoms with E-state index in [0.717, 1.165) is 26.7 Å². The van der Waals surface area contributed by atoms with Crippen LogP contribution in [0, 0.1) is 6.92 Å². The van der Waals surface area contributed by atoms with Crippen molar-refractivity contribution in [3.63, 3.8) is 0 Å². The van der Waals surface area contributed by atoms with E-state index in [9.17, 15) is 4.79 Å². The zero-order valence-electron chi connectivity index (χ0n) is 14.4. The van der Waals surface area contributed by atoms with Crippen molar-refractivity contribution in [1.82, 2.24) is 29.7 Å². The fourth-order valence-electron chi connectivity index (χ4n) is 2.47. The van der Waals surface area contributed by atoms with Gasteiger partial charge in [-0.2, -0.15) is 5.10 Å². The molecule has 4 aromatic rings. The number of nitrogens with zero attached hydrogens (tertiary/aromatic N) is 6. The summed E-state index contributed by atoms with van der Waals surface area (Å²) in [5, 5.41) is 7.99. The molecule has 0 fully saturated rings. The molecule has 1 N–H and O–H groups in total. The Kier molecular flexibility index (Phi) is 4.67. The highest BCUT2D eigenvalue weighted by Gasteiger charge is 2.09. The lowest BCUT2D eigenvalue weighted by molar-refractivity contribution is -0.116. The average molecular weight is 377 g/mol. The lowest BCUT2D eigenvalue weighted by Gasteiger charge is -2.05. The highest BCUT2D eigenvalue weighted by Crippen LogP contribution is 2.25. The molecule has 0 unspecified atom stereocenters. The van der Waals surface area contributed by atoms with Gasteiger partial charge in [-0.05, 0) is 19.1 Å². The van der Waals surface area contributed by atoms with E-state index >= 15 is 0 Å². The Labute approximate surface area is 159 Å². The predicted octanol–water partition coefficient (Wildman–Crippen LogP) is 2.81. The number of anilines is 1. The molecule has 27 heavy (non-hydrogen) atoms. The summed E-state index contributed by atoms with van der Waals surface area (Å²) in [6.07, 6.45) is 11.9. The van der Waals surface area contributed by atoms with E-state index in [1.165, 1.54) is 0 Å². The molecule has 0 saturated heterocycles. The van der Waals surface area contributed by atoms with E-state index in [4.69, 9.17) is 0 Å². The summed E-state index contributed by atoms with van der Waals surface area (Å²) in [6, 6.07) is 3.57. The molecule has 0 aliphatic rings. The minimum atomic E-state index is -0.204. The van der Waals surface area contributed by atoms with Gasteiger partial charge in [0.25, 0.3) is 0 Å². The van der Waals surface area contributed by atoms with Crippen molar-refractivity contribution in [2.45, 2.75) is 13.5 Å². The molecule has 4 heterocycles. The van der Waals surface area contributed by atoms with E-state index in [1.54, 1.807) is 53.1 Å². The van der Waals surface area contributed by atoms with Crippen LogP contribution >= 0.6 is 11.3 Å². The zero-order valence-corrected chi connectivity index (χ0v) is 15.2. The molecule has 0 aliphatic heterocycles. The minimum Gasteiger partial charge on any atom is -0.309 e. The third-order valence-electron chi connectivity index (χ3n) is 3.73. The summed E-state index contributed by atoms with van der Waals surface area (Å²) in [5.74, 6) is 0.267. The summed E-state index contributed by atoms with van der Waals surface area (Å²) >= 11 is 1.59. The van der Waals surface area contributed by atoms with Gasteiger partial charge in [-0.1, -0.05) is 0 Å². The van der Waals surface area contributed by atoms with E-state index < -0.39 is 0 Å². The third kappa shape index (κ3) is 4.04. The highest BCUT2D eigenvalue weighted by atomic mass is 32.1. The predicted molar refractivity (Wildman–Crippen MR) is 102 cm³/mol. The number of hydrogen-bond acceptors (Lipinski definition) is 7. The molecule has 0 bridgehead atoms. The Morgan fingerprint density at radius 1 is 1.07 bits per heavy atom. The van der Waals surface area contributed by atoms with Gasteiger partial charge in [0.05, 0.1) is 28.0 Å². The van der Waals surface area contributed by atoms with Crippen LogP contribution < -0.4 is 5.32 Å². The van der Waals surface area contributed by atoms with Crippen LogP contribution in [0.2, 0.25) is 0 Å². The number of amides is 1. The number of pyridine rings is 1. The summed E-state index contributed by atoms with van der Waals surface area (Å²) in [4.78, 5) is 30.0. The molecular weight excluding hydrogens is 362 g/mol. The molecule has 1 amide bonds. The zero-order chi connectivity index (χ0) is 18.6. The Bertz CT molecular complexity index is 1060. The highest BCUT2D eigenvalue weighted by molar-refractivity contribution is 7.15. The molecule has 8 nitrogen and oxygen atoms in total. The fraction of sp³-hybridized carbons (Fsp3) is 0.111. The molecule has 0 spiro atoms. The molecule has 9 heteroatoms. The van der Waals surface area contributed by atoms with Crippen molar-refractivity contribution in [1.29, 1.82) is 0 Å². The van der Waals surface area contributed by atoms with Crippen molar-refractivity contribution in [3.8, 4) is 21.7 Å². The lowest BCUT2D eigenvalue weighted by Crippen LogP contribution is -2.19. The average Bonchev–Trinajstić information content (AvgIpc) is 3.32. The van der Waals surface area contributed by atoms with Crippen LogP contribution in [0.5, 0.6) is 0 Å². The molecule has 0 aliphatic carbocycles. The Hall–Kier alpha value is -3.46. The van der Waals surface area contributed by atoms with E-state index in [2.05, 4.69) is 30.4 Å². The SMILES string of the molecule is Cc1ncc(-c2cnn(CC(=O)Nc3ccc(-c4cnccn4)cn3)c2)s1. The summed E-state index contributed by atoms with van der Waals surface area (Å²) in [6.45, 7) is 2.06. The van der Waals surface area contributed by atoms with Crippen LogP contribution in [0.3, 0.4) is 0 Å². The maximum Gasteiger partial charge on any atom is 0.247 e. The number of nitrogens with one attached hydrogen (secondary N) is 1. The molecule has 4 aromatic heterocycles. The van der Waals surface area contributed by atoms with Crippen LogP contribution in [0.4, 0.5) is 5.82 Å². The molecule has 4 rings (SSSR count). The number of hydrogen-bond donors (Lipinski definition) is 1. The Morgan fingerprint density at radius 3 is 2.70 bits per heavy atom. The summed E-state index contributed by atoms with van der Waals surface area (Å²) in [5.41, 5.74) is 2.50. The smallest absolute Gasteiger partial charge is 0.247 e. The number of carbonyl (C=O) groups excluding carboxylic acids is 1. The third-order valence-corrected chi connectivity index (χ3v) is 4.70. The van der Waals surface area contributed by atoms with Gasteiger partial charge in [0.2, 0.25) is 5.91 Å². The number of rotatable bonds is 5. The lowest BCUT2D eigenvalue weighted by atomic mass is 10.2. The van der Waals surface area contributed by atoms with Gasteiger partial charge in [0.15, 0.2) is 0 Å². The minimum absolute atomic E-state index is 0.103. The quantitative estimate of drug-likeness (QED) is 0.574. The van der Waals surface area contributed by atoms with Gasteiger partial charge in [-0.3, -0.25) is 19.4 Å². The van der Waals surface area contributed by atoms with Gasteiger partial charge >= 0.3 is 0 Å². The number of thiazole rings is 1. The summed E-state index contributed by atoms with van der Waals surface area (Å²) < 4.78 is 1.59. The van der Waals surface area contributed by atoms with E-state index in [0.29, 0.717) is 5.82 Å². The van der Waals surface area contributed by atoms with Crippen molar-refractivity contribution in [3.05, 3.63) is 60.5 Å². The monoisotopic (exact) mass is 377 g/mol. The van der Waals surface area contributed by atoms with Gasteiger partial charge < -0.3 is 5.32 Å². The van der Waals surface area contributed by atoms with Crippen molar-refractivity contribution in [2.24, 2.45) is 0 Å². The van der Waals surface area contributed by atoms with Gasteiger partial charge in [-0.15, -0.1) is 11.3 Å². The molecule has 0 saturated carbocycles. The number of carbonyl (C=O) groups is 1. The normalized spacial score (nSPS) is 10.7. The molecule has 0 radical (unpaired) electrons. The standard InChI is InChI=1S/C18H15N7OS/c1-12-21-9-16(27-12)14-7-23-25(10-14)11-18(26)24-17-3-2-13(6-22-17)15-8-19-4-5-20-15/h2-10H,11H2,1H3,(H,22,24,26). The first kappa shape index (κ1) is 17.0. The van der Waals surface area contributed by atoms with E-state index in [-0.39, 0.29) is 12.5 Å². The first-order chi connectivity index (χ1) is 13.2. The van der Waals surface area contributed by atoms with Crippen molar-refractivity contribution >= 4 is 23.1 Å². The maximum absolute atomic E-state index is 12.2. The molecule has 134 valence electrons. The van der Waals surface area contributed by atoms with Gasteiger partial charge in [0, 0.05) is 42.1 Å².